The molecule has 1 aliphatic rings. The molecule has 3 heterocycles. The lowest BCUT2D eigenvalue weighted by Crippen LogP contribution is -2.47. The van der Waals surface area contributed by atoms with Crippen LogP contribution in [0.5, 0.6) is 0 Å². The average Bonchev–Trinajstić information content (AvgIpc) is 3.20. The van der Waals surface area contributed by atoms with E-state index in [-0.39, 0.29) is 0 Å². The van der Waals surface area contributed by atoms with Crippen LogP contribution in [0.25, 0.3) is 0 Å². The Labute approximate surface area is 148 Å². The predicted molar refractivity (Wildman–Crippen MR) is 95.1 cm³/mol. The van der Waals surface area contributed by atoms with Crippen LogP contribution in [0, 0.1) is 6.92 Å². The lowest BCUT2D eigenvalue weighted by Gasteiger charge is -2.25. The molecule has 0 saturated carbocycles. The summed E-state index contributed by atoms with van der Waals surface area (Å²) in [5.41, 5.74) is 0. The van der Waals surface area contributed by atoms with Gasteiger partial charge >= 0.3 is 0 Å². The summed E-state index contributed by atoms with van der Waals surface area (Å²) in [5, 5.41) is 19.5. The molecular formula is C16H27N9. The Morgan fingerprint density at radius 1 is 1.40 bits per heavy atom. The van der Waals surface area contributed by atoms with E-state index in [2.05, 4.69) is 37.8 Å². The Balaban J connectivity index is 1.64. The number of aryl methyl sites for hydroxylation is 2. The summed E-state index contributed by atoms with van der Waals surface area (Å²) in [6.45, 7) is 6.34. The van der Waals surface area contributed by atoms with Gasteiger partial charge in [0.1, 0.15) is 24.5 Å². The molecule has 1 unspecified atom stereocenters. The van der Waals surface area contributed by atoms with Crippen molar-refractivity contribution in [2.24, 2.45) is 12.0 Å². The highest BCUT2D eigenvalue weighted by Crippen LogP contribution is 2.11. The molecule has 25 heavy (non-hydrogen) atoms. The van der Waals surface area contributed by atoms with Crippen molar-refractivity contribution in [2.45, 2.75) is 58.7 Å². The smallest absolute Gasteiger partial charge is 0.191 e. The highest BCUT2D eigenvalue weighted by molar-refractivity contribution is 5.80. The van der Waals surface area contributed by atoms with Crippen LogP contribution in [0.4, 0.5) is 0 Å². The average molecular weight is 345 g/mol. The first-order valence-electron chi connectivity index (χ1n) is 8.93. The quantitative estimate of drug-likeness (QED) is 0.451. The van der Waals surface area contributed by atoms with E-state index in [4.69, 9.17) is 4.99 Å². The van der Waals surface area contributed by atoms with Crippen molar-refractivity contribution >= 4 is 5.96 Å². The minimum atomic E-state index is 0.295. The van der Waals surface area contributed by atoms with Crippen LogP contribution in [0.15, 0.2) is 11.3 Å². The maximum Gasteiger partial charge on any atom is 0.191 e. The topological polar surface area (TPSA) is 97.8 Å². The molecule has 1 atom stereocenters. The number of aromatic nitrogens is 6. The third kappa shape index (κ3) is 4.34. The molecule has 0 aliphatic carbocycles. The van der Waals surface area contributed by atoms with Gasteiger partial charge in [0.05, 0.1) is 6.54 Å². The molecule has 2 aromatic heterocycles. The molecule has 136 valence electrons. The Morgan fingerprint density at radius 2 is 2.28 bits per heavy atom. The molecule has 2 N–H and O–H groups in total. The second kappa shape index (κ2) is 8.09. The van der Waals surface area contributed by atoms with E-state index in [1.807, 2.05) is 23.2 Å². The van der Waals surface area contributed by atoms with Crippen LogP contribution in [0.2, 0.25) is 0 Å². The SMILES string of the molecule is CCCCNC(=NCc1nnc(C)n1C)NC1CCc2ncnn2C1. The van der Waals surface area contributed by atoms with E-state index in [9.17, 15) is 0 Å². The predicted octanol–water partition coefficient (Wildman–Crippen LogP) is 0.565. The number of nitrogens with one attached hydrogen (secondary N) is 2. The molecule has 0 radical (unpaired) electrons. The van der Waals surface area contributed by atoms with Gasteiger partial charge in [-0.05, 0) is 19.8 Å². The first kappa shape index (κ1) is 17.4. The fourth-order valence-electron chi connectivity index (χ4n) is 2.82. The van der Waals surface area contributed by atoms with Gasteiger partial charge in [0.25, 0.3) is 0 Å². The van der Waals surface area contributed by atoms with Crippen LogP contribution in [-0.2, 0) is 26.6 Å². The standard InChI is InChI=1S/C16H27N9/c1-4-5-8-17-16(18-9-15-23-22-12(2)24(15)3)21-13-6-7-14-19-11-20-25(14)10-13/h11,13H,4-10H2,1-3H3,(H2,17,18,21). The normalized spacial score (nSPS) is 17.4. The minimum Gasteiger partial charge on any atom is -0.356 e. The van der Waals surface area contributed by atoms with Gasteiger partial charge in [-0.25, -0.2) is 14.7 Å². The Bertz CT molecular complexity index is 715. The molecule has 3 rings (SSSR count). The van der Waals surface area contributed by atoms with Gasteiger partial charge in [-0.2, -0.15) is 5.10 Å². The fourth-order valence-corrected chi connectivity index (χ4v) is 2.82. The van der Waals surface area contributed by atoms with Crippen LogP contribution >= 0.6 is 0 Å². The molecule has 0 bridgehead atoms. The van der Waals surface area contributed by atoms with Crippen LogP contribution < -0.4 is 10.6 Å². The van der Waals surface area contributed by atoms with Crippen LogP contribution in [0.3, 0.4) is 0 Å². The largest absolute Gasteiger partial charge is 0.356 e. The summed E-state index contributed by atoms with van der Waals surface area (Å²) < 4.78 is 3.94. The van der Waals surface area contributed by atoms with Gasteiger partial charge in [0.15, 0.2) is 11.8 Å². The number of nitrogens with zero attached hydrogens (tertiary/aromatic N) is 7. The number of aliphatic imine (C=N–C) groups is 1. The highest BCUT2D eigenvalue weighted by Gasteiger charge is 2.20. The van der Waals surface area contributed by atoms with Gasteiger partial charge in [-0.15, -0.1) is 10.2 Å². The zero-order chi connectivity index (χ0) is 17.6. The molecule has 0 amide bonds. The molecule has 9 nitrogen and oxygen atoms in total. The second-order valence-electron chi connectivity index (χ2n) is 6.41. The van der Waals surface area contributed by atoms with Gasteiger partial charge in [0, 0.05) is 26.1 Å². The van der Waals surface area contributed by atoms with E-state index in [1.54, 1.807) is 6.33 Å². The van der Waals surface area contributed by atoms with Crippen molar-refractivity contribution < 1.29 is 0 Å². The van der Waals surface area contributed by atoms with Gasteiger partial charge in [0.2, 0.25) is 0 Å². The summed E-state index contributed by atoms with van der Waals surface area (Å²) in [5.74, 6) is 3.63. The maximum atomic E-state index is 4.70. The van der Waals surface area contributed by atoms with Crippen molar-refractivity contribution in [3.63, 3.8) is 0 Å². The number of rotatable bonds is 6. The Morgan fingerprint density at radius 3 is 3.04 bits per heavy atom. The van der Waals surface area contributed by atoms with Crippen molar-refractivity contribution in [1.82, 2.24) is 40.2 Å². The summed E-state index contributed by atoms with van der Waals surface area (Å²) in [6.07, 6.45) is 5.84. The number of hydrogen-bond acceptors (Lipinski definition) is 5. The van der Waals surface area contributed by atoms with Crippen molar-refractivity contribution in [1.29, 1.82) is 0 Å². The highest BCUT2D eigenvalue weighted by atomic mass is 15.4. The number of fused-ring (bicyclic) bond motifs is 1. The number of guanidine groups is 1. The molecule has 0 aromatic carbocycles. The van der Waals surface area contributed by atoms with Crippen LogP contribution in [0.1, 0.15) is 43.7 Å². The molecule has 2 aromatic rings. The fraction of sp³-hybridized carbons (Fsp3) is 0.688. The van der Waals surface area contributed by atoms with Crippen molar-refractivity contribution in [2.75, 3.05) is 6.54 Å². The third-order valence-electron chi connectivity index (χ3n) is 4.53. The minimum absolute atomic E-state index is 0.295. The Kier molecular flexibility index (Phi) is 5.62. The second-order valence-corrected chi connectivity index (χ2v) is 6.41. The summed E-state index contributed by atoms with van der Waals surface area (Å²) in [4.78, 5) is 8.98. The van der Waals surface area contributed by atoms with E-state index >= 15 is 0 Å². The van der Waals surface area contributed by atoms with Crippen molar-refractivity contribution in [3.8, 4) is 0 Å². The first-order valence-corrected chi connectivity index (χ1v) is 8.93. The van der Waals surface area contributed by atoms with Gasteiger partial charge < -0.3 is 15.2 Å². The summed E-state index contributed by atoms with van der Waals surface area (Å²) >= 11 is 0. The molecule has 0 spiro atoms. The zero-order valence-corrected chi connectivity index (χ0v) is 15.2. The van der Waals surface area contributed by atoms with E-state index in [0.29, 0.717) is 12.6 Å². The molecule has 0 saturated heterocycles. The summed E-state index contributed by atoms with van der Waals surface area (Å²) in [7, 11) is 1.96. The zero-order valence-electron chi connectivity index (χ0n) is 15.2. The van der Waals surface area contributed by atoms with E-state index in [1.165, 1.54) is 0 Å². The number of unbranched alkanes of at least 4 members (excludes halogenated alkanes) is 1. The van der Waals surface area contributed by atoms with Crippen molar-refractivity contribution in [3.05, 3.63) is 23.8 Å². The van der Waals surface area contributed by atoms with Gasteiger partial charge in [-0.1, -0.05) is 13.3 Å². The van der Waals surface area contributed by atoms with Gasteiger partial charge in [-0.3, -0.25) is 0 Å². The molecular weight excluding hydrogens is 318 g/mol. The van der Waals surface area contributed by atoms with E-state index in [0.717, 1.165) is 62.2 Å². The van der Waals surface area contributed by atoms with Crippen LogP contribution in [-0.4, -0.2) is 48.1 Å². The Hall–Kier alpha value is -2.45. The lowest BCUT2D eigenvalue weighted by molar-refractivity contribution is 0.392. The molecule has 9 heteroatoms. The lowest BCUT2D eigenvalue weighted by atomic mass is 10.1. The third-order valence-corrected chi connectivity index (χ3v) is 4.53. The molecule has 1 aliphatic heterocycles. The number of hydrogen-bond donors (Lipinski definition) is 2. The monoisotopic (exact) mass is 345 g/mol. The summed E-state index contributed by atoms with van der Waals surface area (Å²) in [6, 6.07) is 0.295. The maximum absolute atomic E-state index is 4.70. The molecule has 0 fully saturated rings. The van der Waals surface area contributed by atoms with E-state index < -0.39 is 0 Å². The first-order chi connectivity index (χ1) is 12.2.